The van der Waals surface area contributed by atoms with Crippen LogP contribution in [0.4, 0.5) is 11.4 Å². The van der Waals surface area contributed by atoms with Crippen LogP contribution in [0.2, 0.25) is 0 Å². The first-order valence-corrected chi connectivity index (χ1v) is 10.4. The summed E-state index contributed by atoms with van der Waals surface area (Å²) in [6.45, 7) is 0.776. The number of pyridine rings is 1. The van der Waals surface area contributed by atoms with Crippen molar-refractivity contribution in [1.82, 2.24) is 4.98 Å². The lowest BCUT2D eigenvalue weighted by molar-refractivity contribution is 0.102. The Morgan fingerprint density at radius 2 is 1.66 bits per heavy atom. The van der Waals surface area contributed by atoms with Crippen LogP contribution in [0, 0.1) is 11.3 Å². The van der Waals surface area contributed by atoms with Crippen molar-refractivity contribution in [3.63, 3.8) is 0 Å². The van der Waals surface area contributed by atoms with Gasteiger partial charge in [0.15, 0.2) is 0 Å². The van der Waals surface area contributed by atoms with E-state index in [9.17, 15) is 10.1 Å². The maximum Gasteiger partial charge on any atom is 0.256 e. The molecule has 3 aromatic carbocycles. The molecule has 1 heterocycles. The highest BCUT2D eigenvalue weighted by atomic mass is 16.1. The molecular weight excluding hydrogens is 396 g/mol. The molecule has 1 amide bonds. The first-order chi connectivity index (χ1) is 15.7. The first-order valence-electron chi connectivity index (χ1n) is 10.4. The van der Waals surface area contributed by atoms with Gasteiger partial charge in [-0.1, -0.05) is 36.4 Å². The maximum atomic E-state index is 13.0. The highest BCUT2D eigenvalue weighted by molar-refractivity contribution is 6.08. The number of carbonyl (C=O) groups is 1. The number of nitriles is 1. The molecule has 0 radical (unpaired) electrons. The summed E-state index contributed by atoms with van der Waals surface area (Å²) in [5, 5.41) is 15.5. The van der Waals surface area contributed by atoms with Crippen molar-refractivity contribution in [2.45, 2.75) is 6.42 Å². The van der Waals surface area contributed by atoms with Crippen LogP contribution < -0.4 is 10.6 Å². The van der Waals surface area contributed by atoms with Gasteiger partial charge in [-0.25, -0.2) is 0 Å². The lowest BCUT2D eigenvalue weighted by Crippen LogP contribution is -2.13. The molecule has 32 heavy (non-hydrogen) atoms. The van der Waals surface area contributed by atoms with Crippen molar-refractivity contribution in [2.75, 3.05) is 17.2 Å². The second-order valence-electron chi connectivity index (χ2n) is 7.27. The zero-order chi connectivity index (χ0) is 22.2. The van der Waals surface area contributed by atoms with E-state index in [-0.39, 0.29) is 5.91 Å². The fraction of sp³-hybridized carbons (Fsp3) is 0.0741. The Balaban J connectivity index is 1.42. The highest BCUT2D eigenvalue weighted by Crippen LogP contribution is 2.25. The van der Waals surface area contributed by atoms with Gasteiger partial charge in [0.05, 0.1) is 11.6 Å². The zero-order valence-corrected chi connectivity index (χ0v) is 17.5. The minimum atomic E-state index is -0.196. The van der Waals surface area contributed by atoms with Crippen molar-refractivity contribution in [3.8, 4) is 17.2 Å². The topological polar surface area (TPSA) is 77.8 Å². The second kappa shape index (κ2) is 10.1. The Morgan fingerprint density at radius 1 is 0.875 bits per heavy atom. The van der Waals surface area contributed by atoms with Crippen LogP contribution >= 0.6 is 0 Å². The number of hydrogen-bond acceptors (Lipinski definition) is 4. The molecule has 0 atom stereocenters. The lowest BCUT2D eigenvalue weighted by atomic mass is 9.98. The molecule has 156 valence electrons. The normalized spacial score (nSPS) is 10.2. The number of aromatic nitrogens is 1. The SMILES string of the molecule is N#Cc1cccc(-c2ccccc2C(=O)Nc2ccc(NCCc3ccccn3)cc2)c1. The van der Waals surface area contributed by atoms with Gasteiger partial charge in [0, 0.05) is 41.8 Å². The number of anilines is 2. The number of carbonyl (C=O) groups excluding carboxylic acids is 1. The molecule has 5 nitrogen and oxygen atoms in total. The third-order valence-corrected chi connectivity index (χ3v) is 5.05. The van der Waals surface area contributed by atoms with Crippen molar-refractivity contribution >= 4 is 17.3 Å². The molecule has 0 aliphatic carbocycles. The fourth-order valence-electron chi connectivity index (χ4n) is 3.44. The summed E-state index contributed by atoms with van der Waals surface area (Å²) in [7, 11) is 0. The van der Waals surface area contributed by atoms with E-state index in [4.69, 9.17) is 0 Å². The van der Waals surface area contributed by atoms with Gasteiger partial charge in [0.25, 0.3) is 5.91 Å². The minimum absolute atomic E-state index is 0.196. The minimum Gasteiger partial charge on any atom is -0.385 e. The average molecular weight is 419 g/mol. The summed E-state index contributed by atoms with van der Waals surface area (Å²) in [4.78, 5) is 17.3. The molecule has 5 heteroatoms. The molecule has 0 aliphatic heterocycles. The zero-order valence-electron chi connectivity index (χ0n) is 17.5. The summed E-state index contributed by atoms with van der Waals surface area (Å²) in [6, 6.07) is 30.3. The molecular formula is C27H22N4O. The molecule has 0 spiro atoms. The Hall–Kier alpha value is -4.43. The van der Waals surface area contributed by atoms with Gasteiger partial charge in [-0.3, -0.25) is 9.78 Å². The third-order valence-electron chi connectivity index (χ3n) is 5.05. The van der Waals surface area contributed by atoms with Gasteiger partial charge in [-0.15, -0.1) is 0 Å². The third kappa shape index (κ3) is 5.18. The summed E-state index contributed by atoms with van der Waals surface area (Å²) in [5.41, 5.74) is 5.47. The van der Waals surface area contributed by atoms with E-state index in [1.807, 2.05) is 72.8 Å². The Labute approximate surface area is 187 Å². The standard InChI is InChI=1S/C27H22N4O/c28-19-20-6-5-7-21(18-20)25-9-1-2-10-26(25)27(32)31-24-13-11-23(12-14-24)30-17-15-22-8-3-4-16-29-22/h1-14,16,18,30H,15,17H2,(H,31,32). The van der Waals surface area contributed by atoms with E-state index in [1.54, 1.807) is 24.4 Å². The Kier molecular flexibility index (Phi) is 6.54. The predicted molar refractivity (Wildman–Crippen MR) is 127 cm³/mol. The van der Waals surface area contributed by atoms with E-state index in [1.165, 1.54) is 0 Å². The van der Waals surface area contributed by atoms with E-state index >= 15 is 0 Å². The number of nitrogens with one attached hydrogen (secondary N) is 2. The van der Waals surface area contributed by atoms with Crippen LogP contribution in [-0.4, -0.2) is 17.4 Å². The molecule has 0 saturated carbocycles. The highest BCUT2D eigenvalue weighted by Gasteiger charge is 2.13. The van der Waals surface area contributed by atoms with Crippen LogP contribution in [0.25, 0.3) is 11.1 Å². The molecule has 0 fully saturated rings. The Morgan fingerprint density at radius 3 is 2.44 bits per heavy atom. The van der Waals surface area contributed by atoms with Crippen LogP contribution in [-0.2, 0) is 6.42 Å². The molecule has 0 saturated heterocycles. The van der Waals surface area contributed by atoms with Crippen LogP contribution in [0.5, 0.6) is 0 Å². The monoisotopic (exact) mass is 418 g/mol. The van der Waals surface area contributed by atoms with Crippen LogP contribution in [0.15, 0.2) is 97.2 Å². The van der Waals surface area contributed by atoms with E-state index in [0.29, 0.717) is 16.8 Å². The number of hydrogen-bond donors (Lipinski definition) is 2. The smallest absolute Gasteiger partial charge is 0.256 e. The molecule has 4 rings (SSSR count). The summed E-state index contributed by atoms with van der Waals surface area (Å²) in [6.07, 6.45) is 2.63. The first kappa shape index (κ1) is 20.8. The van der Waals surface area contributed by atoms with Crippen LogP contribution in [0.3, 0.4) is 0 Å². The number of rotatable bonds is 7. The summed E-state index contributed by atoms with van der Waals surface area (Å²) >= 11 is 0. The second-order valence-corrected chi connectivity index (χ2v) is 7.27. The molecule has 0 aliphatic rings. The van der Waals surface area contributed by atoms with E-state index < -0.39 is 0 Å². The van der Waals surface area contributed by atoms with Gasteiger partial charge < -0.3 is 10.6 Å². The van der Waals surface area contributed by atoms with Crippen LogP contribution in [0.1, 0.15) is 21.6 Å². The van der Waals surface area contributed by atoms with Crippen molar-refractivity contribution in [1.29, 1.82) is 5.26 Å². The van der Waals surface area contributed by atoms with Crippen molar-refractivity contribution in [3.05, 3.63) is 114 Å². The van der Waals surface area contributed by atoms with Gasteiger partial charge in [-0.05, 0) is 65.7 Å². The van der Waals surface area contributed by atoms with Gasteiger partial charge >= 0.3 is 0 Å². The largest absolute Gasteiger partial charge is 0.385 e. The number of benzene rings is 3. The maximum absolute atomic E-state index is 13.0. The number of amides is 1. The molecule has 1 aromatic heterocycles. The lowest BCUT2D eigenvalue weighted by Gasteiger charge is -2.12. The summed E-state index contributed by atoms with van der Waals surface area (Å²) < 4.78 is 0. The Bertz CT molecular complexity index is 1240. The van der Waals surface area contributed by atoms with E-state index in [2.05, 4.69) is 21.7 Å². The summed E-state index contributed by atoms with van der Waals surface area (Å²) in [5.74, 6) is -0.196. The van der Waals surface area contributed by atoms with Gasteiger partial charge in [0.1, 0.15) is 0 Å². The molecule has 2 N–H and O–H groups in total. The average Bonchev–Trinajstić information content (AvgIpc) is 2.86. The fourth-order valence-corrected chi connectivity index (χ4v) is 3.44. The van der Waals surface area contributed by atoms with Crippen molar-refractivity contribution < 1.29 is 4.79 Å². The quantitative estimate of drug-likeness (QED) is 0.414. The molecule has 4 aromatic rings. The van der Waals surface area contributed by atoms with E-state index in [0.717, 1.165) is 35.5 Å². The molecule has 0 unspecified atom stereocenters. The molecule has 0 bridgehead atoms. The van der Waals surface area contributed by atoms with Gasteiger partial charge in [-0.2, -0.15) is 5.26 Å². The number of nitrogens with zero attached hydrogens (tertiary/aromatic N) is 2. The predicted octanol–water partition coefficient (Wildman–Crippen LogP) is 5.53. The van der Waals surface area contributed by atoms with Gasteiger partial charge in [0.2, 0.25) is 0 Å². The van der Waals surface area contributed by atoms with Crippen molar-refractivity contribution in [2.24, 2.45) is 0 Å².